The monoisotopic (exact) mass is 640 g/mol. The number of ether oxygens (including phenoxy) is 3. The summed E-state index contributed by atoms with van der Waals surface area (Å²) in [7, 11) is 6.07. The van der Waals surface area contributed by atoms with Crippen LogP contribution in [-0.4, -0.2) is 109 Å². The molecule has 3 aliphatic heterocycles. The van der Waals surface area contributed by atoms with Gasteiger partial charge in [0.1, 0.15) is 18.0 Å². The molecule has 3 saturated heterocycles. The van der Waals surface area contributed by atoms with Gasteiger partial charge in [0.05, 0.1) is 41.9 Å². The molecule has 0 bridgehead atoms. The van der Waals surface area contributed by atoms with Gasteiger partial charge < -0.3 is 29.4 Å². The van der Waals surface area contributed by atoms with Gasteiger partial charge in [-0.05, 0) is 76.7 Å². The maximum absolute atomic E-state index is 10.2. The Kier molecular flexibility index (Phi) is 7.44. The van der Waals surface area contributed by atoms with Gasteiger partial charge in [-0.3, -0.25) is 9.80 Å². The smallest absolute Gasteiger partial charge is 0.219 e. The van der Waals surface area contributed by atoms with Crippen LogP contribution >= 0.6 is 0 Å². The Labute approximate surface area is 275 Å². The van der Waals surface area contributed by atoms with E-state index >= 15 is 0 Å². The fraction of sp³-hybridized carbons (Fsp3) is 0.600. The molecular formula is C35H44N8O4. The van der Waals surface area contributed by atoms with Crippen molar-refractivity contribution in [2.24, 2.45) is 0 Å². The lowest BCUT2D eigenvalue weighted by atomic mass is 9.68. The van der Waals surface area contributed by atoms with Gasteiger partial charge >= 0.3 is 0 Å². The van der Waals surface area contributed by atoms with Crippen LogP contribution in [0, 0.1) is 11.3 Å². The number of piperazine rings is 1. The number of hydrogen-bond donors (Lipinski definition) is 1. The van der Waals surface area contributed by atoms with Crippen molar-refractivity contribution >= 4 is 11.5 Å². The molecule has 0 amide bonds. The first kappa shape index (κ1) is 30.6. The lowest BCUT2D eigenvalue weighted by molar-refractivity contribution is -0.134. The number of rotatable bonds is 6. The Morgan fingerprint density at radius 3 is 2.74 bits per heavy atom. The quantitative estimate of drug-likeness (QED) is 0.396. The van der Waals surface area contributed by atoms with E-state index in [2.05, 4.69) is 53.0 Å². The first-order chi connectivity index (χ1) is 22.8. The molecule has 2 aliphatic carbocycles. The minimum absolute atomic E-state index is 0.0223. The van der Waals surface area contributed by atoms with E-state index in [0.717, 1.165) is 87.4 Å². The third-order valence-electron chi connectivity index (χ3n) is 11.7. The molecule has 1 aromatic carbocycles. The molecule has 0 radical (unpaired) electrons. The van der Waals surface area contributed by atoms with E-state index in [1.165, 1.54) is 5.56 Å². The molecular weight excluding hydrogens is 596 g/mol. The van der Waals surface area contributed by atoms with Crippen molar-refractivity contribution in [1.82, 2.24) is 24.9 Å². The average Bonchev–Trinajstić information content (AvgIpc) is 3.76. The number of aryl methyl sites for hydroxylation is 1. The van der Waals surface area contributed by atoms with Crippen LogP contribution in [0.2, 0.25) is 0 Å². The van der Waals surface area contributed by atoms with Crippen molar-refractivity contribution in [3.8, 4) is 23.5 Å². The van der Waals surface area contributed by atoms with Gasteiger partial charge in [-0.25, -0.2) is 4.98 Å². The second-order valence-electron chi connectivity index (χ2n) is 14.3. The van der Waals surface area contributed by atoms with E-state index in [9.17, 15) is 5.26 Å². The van der Waals surface area contributed by atoms with Crippen LogP contribution in [0.4, 0.5) is 11.5 Å². The number of methoxy groups -OCH3 is 1. The van der Waals surface area contributed by atoms with Crippen LogP contribution in [0.1, 0.15) is 60.6 Å². The van der Waals surface area contributed by atoms with Crippen LogP contribution in [0.25, 0.3) is 11.5 Å². The van der Waals surface area contributed by atoms with Gasteiger partial charge in [-0.15, -0.1) is 0 Å². The number of anilines is 2. The molecule has 47 heavy (non-hydrogen) atoms. The minimum Gasteiger partial charge on any atom is -0.473 e. The van der Waals surface area contributed by atoms with Crippen molar-refractivity contribution < 1.29 is 18.7 Å². The molecule has 2 spiro atoms. The van der Waals surface area contributed by atoms with Gasteiger partial charge in [0.25, 0.3) is 0 Å². The molecule has 8 rings (SSSR count). The summed E-state index contributed by atoms with van der Waals surface area (Å²) in [6.45, 7) is 7.01. The zero-order valence-electron chi connectivity index (χ0n) is 27.8. The number of nitriles is 1. The highest BCUT2D eigenvalue weighted by Crippen LogP contribution is 2.54. The number of nitrogens with zero attached hydrogens (tertiary/aromatic N) is 7. The highest BCUT2D eigenvalue weighted by atomic mass is 16.5. The number of nitrogen functional groups attached to an aromatic ring is 1. The Hall–Kier alpha value is -3.76. The Balaban J connectivity index is 1.20. The number of aromatic nitrogens is 3. The fourth-order valence-corrected chi connectivity index (χ4v) is 9.02. The predicted octanol–water partition coefficient (Wildman–Crippen LogP) is 3.16. The van der Waals surface area contributed by atoms with E-state index in [4.69, 9.17) is 34.4 Å². The maximum atomic E-state index is 10.2. The number of hydrogen-bond acceptors (Lipinski definition) is 12. The second kappa shape index (κ2) is 11.4. The molecule has 3 fully saturated rings. The van der Waals surface area contributed by atoms with Gasteiger partial charge in [0.2, 0.25) is 5.88 Å². The van der Waals surface area contributed by atoms with E-state index in [-0.39, 0.29) is 23.8 Å². The maximum Gasteiger partial charge on any atom is 0.219 e. The van der Waals surface area contributed by atoms with Crippen LogP contribution in [0.5, 0.6) is 5.88 Å². The summed E-state index contributed by atoms with van der Waals surface area (Å²) in [6.07, 6.45) is 5.24. The van der Waals surface area contributed by atoms with Crippen molar-refractivity contribution in [1.29, 1.82) is 5.26 Å². The minimum atomic E-state index is -0.434. The predicted molar refractivity (Wildman–Crippen MR) is 175 cm³/mol. The van der Waals surface area contributed by atoms with Crippen LogP contribution < -0.4 is 15.4 Å². The summed E-state index contributed by atoms with van der Waals surface area (Å²) in [5.41, 5.74) is 10.8. The summed E-state index contributed by atoms with van der Waals surface area (Å²) < 4.78 is 24.5. The Bertz CT molecular complexity index is 1730. The lowest BCUT2D eigenvalue weighted by Crippen LogP contribution is -2.70. The van der Waals surface area contributed by atoms with Gasteiger partial charge in [-0.1, -0.05) is 11.2 Å². The molecule has 4 atom stereocenters. The lowest BCUT2D eigenvalue weighted by Gasteiger charge is -2.54. The third kappa shape index (κ3) is 4.73. The fourth-order valence-electron chi connectivity index (χ4n) is 9.02. The van der Waals surface area contributed by atoms with E-state index in [1.54, 1.807) is 7.11 Å². The summed E-state index contributed by atoms with van der Waals surface area (Å²) >= 11 is 0. The highest BCUT2D eigenvalue weighted by molar-refractivity contribution is 5.68. The summed E-state index contributed by atoms with van der Waals surface area (Å²) in [6, 6.07) is 8.39. The van der Waals surface area contributed by atoms with E-state index in [1.807, 2.05) is 12.1 Å². The van der Waals surface area contributed by atoms with Crippen molar-refractivity contribution in [3.05, 3.63) is 46.2 Å². The summed E-state index contributed by atoms with van der Waals surface area (Å²) in [5.74, 6) is 2.65. The zero-order valence-corrected chi connectivity index (χ0v) is 27.8. The second-order valence-corrected chi connectivity index (χ2v) is 14.3. The zero-order chi connectivity index (χ0) is 32.5. The molecule has 2 aromatic heterocycles. The third-order valence-corrected chi connectivity index (χ3v) is 11.7. The van der Waals surface area contributed by atoms with Crippen LogP contribution in [0.3, 0.4) is 0 Å². The number of nitrogens with two attached hydrogens (primary N) is 1. The molecule has 5 aliphatic rings. The molecule has 248 valence electrons. The molecule has 0 unspecified atom stereocenters. The number of likely N-dealkylation sites (N-methyl/N-ethyl adjacent to an activating group) is 2. The number of benzene rings is 1. The average molecular weight is 641 g/mol. The molecule has 3 aromatic rings. The largest absolute Gasteiger partial charge is 0.473 e. The molecule has 0 saturated carbocycles. The standard InChI is InChI=1S/C35H44N8O4/c1-21(31-26(44-4)10-13-41(31)2)46-28-16-27(43-15-14-42(3)34(18-43)19-45-20-34)38-33(39-28)30-23-6-5-11-35(32(23)47-40-30)12-9-22-7-8-25(37)24(17-36)29(22)35/h7-8,16,21,26,31H,5-6,9-15,18-20,37H2,1-4H3/t21-,26-,31+,35-/m0/s1. The Morgan fingerprint density at radius 1 is 1.13 bits per heavy atom. The van der Waals surface area contributed by atoms with Gasteiger partial charge in [0, 0.05) is 50.6 Å². The van der Waals surface area contributed by atoms with Gasteiger partial charge in [0.15, 0.2) is 17.3 Å². The molecule has 12 heteroatoms. The first-order valence-corrected chi connectivity index (χ1v) is 16.9. The highest BCUT2D eigenvalue weighted by Gasteiger charge is 2.50. The van der Waals surface area contributed by atoms with Crippen LogP contribution in [0.15, 0.2) is 22.7 Å². The van der Waals surface area contributed by atoms with E-state index in [0.29, 0.717) is 41.9 Å². The summed E-state index contributed by atoms with van der Waals surface area (Å²) in [5, 5.41) is 14.8. The normalized spacial score (nSPS) is 27.4. The number of likely N-dealkylation sites (tertiary alicyclic amines) is 1. The van der Waals surface area contributed by atoms with Crippen molar-refractivity contribution in [3.63, 3.8) is 0 Å². The molecule has 5 heterocycles. The molecule has 12 nitrogen and oxygen atoms in total. The topological polar surface area (TPSA) is 139 Å². The van der Waals surface area contributed by atoms with Gasteiger partial charge in [-0.2, -0.15) is 10.2 Å². The summed E-state index contributed by atoms with van der Waals surface area (Å²) in [4.78, 5) is 17.2. The van der Waals surface area contributed by atoms with Crippen molar-refractivity contribution in [2.75, 3.05) is 71.2 Å². The van der Waals surface area contributed by atoms with E-state index < -0.39 is 5.41 Å². The molecule has 2 N–H and O–H groups in total. The number of fused-ring (bicyclic) bond motifs is 4. The van der Waals surface area contributed by atoms with Crippen LogP contribution in [-0.2, 0) is 27.7 Å². The SMILES string of the molecule is CO[C@H]1CCN(C)[C@@H]1[C@H](C)Oc1cc(N2CCN(C)C3(COC3)C2)nc(-c2noc3c2CCC[C@@]32CCc3ccc(N)c(C#N)c32)n1. The Morgan fingerprint density at radius 2 is 1.98 bits per heavy atom. The van der Waals surface area contributed by atoms with Crippen molar-refractivity contribution in [2.45, 2.75) is 74.7 Å². The first-order valence-electron chi connectivity index (χ1n) is 16.9.